The first-order valence-corrected chi connectivity index (χ1v) is 6.94. The minimum atomic E-state index is 0.800. The first kappa shape index (κ1) is 9.79. The first-order chi connectivity index (χ1) is 7.42. The fourth-order valence-electron chi connectivity index (χ4n) is 2.18. The van der Waals surface area contributed by atoms with Crippen LogP contribution in [0.3, 0.4) is 0 Å². The number of nitrogens with one attached hydrogen (secondary N) is 1. The van der Waals surface area contributed by atoms with Gasteiger partial charge in [-0.05, 0) is 38.5 Å². The molecule has 0 bridgehead atoms. The van der Waals surface area contributed by atoms with Crippen LogP contribution in [0.5, 0.6) is 0 Å². The smallest absolute Gasteiger partial charge is 0.107 e. The van der Waals surface area contributed by atoms with Crippen molar-refractivity contribution in [3.05, 3.63) is 15.6 Å². The van der Waals surface area contributed by atoms with Crippen LogP contribution in [0.2, 0.25) is 0 Å². The standard InChI is InChI=1S/C12H18N2S/c1-2-4-10-11(5-3-1)15-12(14-10)8-13-9-6-7-9/h9,13H,1-8H2. The average Bonchev–Trinajstić information content (AvgIpc) is 3.02. The molecule has 82 valence electrons. The maximum atomic E-state index is 4.77. The van der Waals surface area contributed by atoms with Crippen LogP contribution in [0, 0.1) is 0 Å². The maximum absolute atomic E-state index is 4.77. The Morgan fingerprint density at radius 1 is 1.20 bits per heavy atom. The lowest BCUT2D eigenvalue weighted by molar-refractivity contribution is 0.677. The van der Waals surface area contributed by atoms with Crippen LogP contribution in [0.25, 0.3) is 0 Å². The topological polar surface area (TPSA) is 24.9 Å². The van der Waals surface area contributed by atoms with Gasteiger partial charge in [-0.3, -0.25) is 0 Å². The van der Waals surface area contributed by atoms with Crippen molar-refractivity contribution in [3.8, 4) is 0 Å². The van der Waals surface area contributed by atoms with E-state index >= 15 is 0 Å². The minimum absolute atomic E-state index is 0.800. The Kier molecular flexibility index (Phi) is 2.76. The largest absolute Gasteiger partial charge is 0.308 e. The SMILES string of the molecule is C1CCc2nc(CNC3CC3)sc2CC1. The molecule has 0 radical (unpaired) electrons. The van der Waals surface area contributed by atoms with Crippen LogP contribution >= 0.6 is 11.3 Å². The second-order valence-corrected chi connectivity index (χ2v) is 5.86. The fourth-order valence-corrected chi connectivity index (χ4v) is 3.28. The lowest BCUT2D eigenvalue weighted by Gasteiger charge is -1.97. The third kappa shape index (κ3) is 2.40. The molecular weight excluding hydrogens is 204 g/mol. The van der Waals surface area contributed by atoms with Crippen molar-refractivity contribution in [1.29, 1.82) is 0 Å². The average molecular weight is 222 g/mol. The summed E-state index contributed by atoms with van der Waals surface area (Å²) in [5.74, 6) is 0. The van der Waals surface area contributed by atoms with Gasteiger partial charge in [-0.1, -0.05) is 6.42 Å². The van der Waals surface area contributed by atoms with E-state index in [-0.39, 0.29) is 0 Å². The predicted molar refractivity (Wildman–Crippen MR) is 63.2 cm³/mol. The number of rotatable bonds is 3. The normalized spacial score (nSPS) is 21.1. The highest BCUT2D eigenvalue weighted by molar-refractivity contribution is 7.11. The first-order valence-electron chi connectivity index (χ1n) is 6.12. The summed E-state index contributed by atoms with van der Waals surface area (Å²) in [7, 11) is 0. The van der Waals surface area contributed by atoms with Crippen molar-refractivity contribution in [1.82, 2.24) is 10.3 Å². The molecule has 1 aromatic rings. The summed E-state index contributed by atoms with van der Waals surface area (Å²) < 4.78 is 0. The number of thiazole rings is 1. The predicted octanol–water partition coefficient (Wildman–Crippen LogP) is 2.66. The molecule has 0 spiro atoms. The van der Waals surface area contributed by atoms with Crippen LogP contribution in [-0.2, 0) is 19.4 Å². The van der Waals surface area contributed by atoms with Gasteiger partial charge >= 0.3 is 0 Å². The number of fused-ring (bicyclic) bond motifs is 1. The van der Waals surface area contributed by atoms with E-state index in [1.807, 2.05) is 11.3 Å². The van der Waals surface area contributed by atoms with Gasteiger partial charge in [0.15, 0.2) is 0 Å². The molecule has 1 N–H and O–H groups in total. The van der Waals surface area contributed by atoms with Crippen LogP contribution in [0.4, 0.5) is 0 Å². The zero-order valence-corrected chi connectivity index (χ0v) is 9.91. The summed E-state index contributed by atoms with van der Waals surface area (Å²) in [4.78, 5) is 6.34. The molecule has 0 saturated heterocycles. The molecule has 1 heterocycles. The fraction of sp³-hybridized carbons (Fsp3) is 0.750. The van der Waals surface area contributed by atoms with Gasteiger partial charge in [0.2, 0.25) is 0 Å². The van der Waals surface area contributed by atoms with Crippen molar-refractivity contribution >= 4 is 11.3 Å². The molecule has 0 unspecified atom stereocenters. The Hall–Kier alpha value is -0.410. The Morgan fingerprint density at radius 3 is 2.93 bits per heavy atom. The molecule has 2 aliphatic carbocycles. The van der Waals surface area contributed by atoms with Gasteiger partial charge in [0.25, 0.3) is 0 Å². The number of aromatic nitrogens is 1. The molecule has 2 aliphatic rings. The summed E-state index contributed by atoms with van der Waals surface area (Å²) >= 11 is 1.94. The van der Waals surface area contributed by atoms with Crippen molar-refractivity contribution in [2.75, 3.05) is 0 Å². The van der Waals surface area contributed by atoms with E-state index < -0.39 is 0 Å². The quantitative estimate of drug-likeness (QED) is 0.795. The summed E-state index contributed by atoms with van der Waals surface area (Å²) in [6.07, 6.45) is 9.32. The van der Waals surface area contributed by atoms with E-state index in [4.69, 9.17) is 4.98 Å². The van der Waals surface area contributed by atoms with Crippen LogP contribution in [-0.4, -0.2) is 11.0 Å². The molecule has 0 aliphatic heterocycles. The van der Waals surface area contributed by atoms with E-state index in [1.54, 1.807) is 4.88 Å². The summed E-state index contributed by atoms with van der Waals surface area (Å²) in [5.41, 5.74) is 1.41. The molecule has 2 nitrogen and oxygen atoms in total. The van der Waals surface area contributed by atoms with Crippen molar-refractivity contribution < 1.29 is 0 Å². The molecule has 0 aromatic carbocycles. The van der Waals surface area contributed by atoms with Crippen molar-refractivity contribution in [2.24, 2.45) is 0 Å². The van der Waals surface area contributed by atoms with Gasteiger partial charge in [-0.15, -0.1) is 11.3 Å². The van der Waals surface area contributed by atoms with E-state index in [9.17, 15) is 0 Å². The second kappa shape index (κ2) is 4.22. The van der Waals surface area contributed by atoms with Gasteiger partial charge in [-0.25, -0.2) is 4.98 Å². The maximum Gasteiger partial charge on any atom is 0.107 e. The molecule has 15 heavy (non-hydrogen) atoms. The molecule has 0 amide bonds. The van der Waals surface area contributed by atoms with Crippen molar-refractivity contribution in [2.45, 2.75) is 57.5 Å². The summed E-state index contributed by atoms with van der Waals surface area (Å²) in [5, 5.41) is 4.86. The lowest BCUT2D eigenvalue weighted by atomic mass is 10.2. The molecule has 3 heteroatoms. The van der Waals surface area contributed by atoms with Gasteiger partial charge in [0.05, 0.1) is 5.69 Å². The monoisotopic (exact) mass is 222 g/mol. The summed E-state index contributed by atoms with van der Waals surface area (Å²) in [6.45, 7) is 1.00. The number of hydrogen-bond donors (Lipinski definition) is 1. The van der Waals surface area contributed by atoms with E-state index in [0.717, 1.165) is 12.6 Å². The van der Waals surface area contributed by atoms with Crippen molar-refractivity contribution in [3.63, 3.8) is 0 Å². The minimum Gasteiger partial charge on any atom is -0.308 e. The highest BCUT2D eigenvalue weighted by Crippen LogP contribution is 2.26. The highest BCUT2D eigenvalue weighted by Gasteiger charge is 2.21. The Bertz CT molecular complexity index is 318. The molecular formula is C12H18N2S. The second-order valence-electron chi connectivity index (χ2n) is 4.69. The van der Waals surface area contributed by atoms with Gasteiger partial charge in [0, 0.05) is 17.5 Å². The Morgan fingerprint density at radius 2 is 2.07 bits per heavy atom. The molecule has 1 fully saturated rings. The number of nitrogens with zero attached hydrogens (tertiary/aromatic N) is 1. The number of hydrogen-bond acceptors (Lipinski definition) is 3. The molecule has 1 saturated carbocycles. The molecule has 3 rings (SSSR count). The Balaban J connectivity index is 1.67. The molecule has 1 aromatic heterocycles. The van der Waals surface area contributed by atoms with Gasteiger partial charge in [0.1, 0.15) is 5.01 Å². The van der Waals surface area contributed by atoms with Crippen LogP contribution in [0.1, 0.15) is 47.7 Å². The zero-order chi connectivity index (χ0) is 10.1. The summed E-state index contributed by atoms with van der Waals surface area (Å²) in [6, 6.07) is 0.800. The zero-order valence-electron chi connectivity index (χ0n) is 9.09. The van der Waals surface area contributed by atoms with Crippen LogP contribution < -0.4 is 5.32 Å². The van der Waals surface area contributed by atoms with E-state index in [2.05, 4.69) is 5.32 Å². The van der Waals surface area contributed by atoms with Gasteiger partial charge in [-0.2, -0.15) is 0 Å². The van der Waals surface area contributed by atoms with Gasteiger partial charge < -0.3 is 5.32 Å². The van der Waals surface area contributed by atoms with Crippen LogP contribution in [0.15, 0.2) is 0 Å². The van der Waals surface area contributed by atoms with E-state index in [0.29, 0.717) is 0 Å². The lowest BCUT2D eigenvalue weighted by Crippen LogP contribution is -2.15. The third-order valence-electron chi connectivity index (χ3n) is 3.26. The molecule has 0 atom stereocenters. The number of aryl methyl sites for hydroxylation is 2. The Labute approximate surface area is 95.1 Å². The van der Waals surface area contributed by atoms with E-state index in [1.165, 1.54) is 55.6 Å². The third-order valence-corrected chi connectivity index (χ3v) is 4.42. The highest BCUT2D eigenvalue weighted by atomic mass is 32.1.